The van der Waals surface area contributed by atoms with E-state index in [1.807, 2.05) is 31.2 Å². The number of amides is 1. The summed E-state index contributed by atoms with van der Waals surface area (Å²) >= 11 is 5.49. The molecule has 0 bridgehead atoms. The van der Waals surface area contributed by atoms with Crippen LogP contribution < -0.4 is 4.90 Å². The van der Waals surface area contributed by atoms with Crippen LogP contribution in [-0.2, 0) is 36.6 Å². The van der Waals surface area contributed by atoms with Crippen LogP contribution >= 0.6 is 12.2 Å². The van der Waals surface area contributed by atoms with Gasteiger partial charge in [0.2, 0.25) is 0 Å². The predicted molar refractivity (Wildman–Crippen MR) is 163 cm³/mol. The first-order valence-corrected chi connectivity index (χ1v) is 14.8. The highest BCUT2D eigenvalue weighted by Crippen LogP contribution is 2.38. The van der Waals surface area contributed by atoms with E-state index in [4.69, 9.17) is 31.7 Å². The molecule has 0 radical (unpaired) electrons. The molecule has 0 aromatic heterocycles. The fourth-order valence-electron chi connectivity index (χ4n) is 4.69. The number of hydrogen-bond acceptors (Lipinski definition) is 7. The van der Waals surface area contributed by atoms with Crippen LogP contribution in [0.4, 0.5) is 18.9 Å². The average molecular weight is 634 g/mol. The summed E-state index contributed by atoms with van der Waals surface area (Å²) < 4.78 is 57.1. The highest BCUT2D eigenvalue weighted by molar-refractivity contribution is 7.80. The molecule has 2 aromatic carbocycles. The Morgan fingerprint density at radius 2 is 1.57 bits per heavy atom. The van der Waals surface area contributed by atoms with Crippen molar-refractivity contribution in [1.82, 2.24) is 4.90 Å². The average Bonchev–Trinajstić information content (AvgIpc) is 3.14. The third kappa shape index (κ3) is 9.56. The van der Waals surface area contributed by atoms with E-state index in [1.54, 1.807) is 18.7 Å². The Hall–Kier alpha value is -3.37. The molecule has 1 aliphatic heterocycles. The molecular weight excluding hydrogens is 595 g/mol. The Morgan fingerprint density at radius 1 is 0.955 bits per heavy atom. The first-order chi connectivity index (χ1) is 20.9. The first-order valence-electron chi connectivity index (χ1n) is 14.4. The number of ether oxygens (including phenoxy) is 3. The number of alkyl halides is 3. The van der Waals surface area contributed by atoms with Gasteiger partial charge in [0.25, 0.3) is 5.91 Å². The molecule has 8 nitrogen and oxygen atoms in total. The van der Waals surface area contributed by atoms with E-state index in [9.17, 15) is 22.8 Å². The summed E-state index contributed by atoms with van der Waals surface area (Å²) in [5.41, 5.74) is -0.526. The molecule has 1 saturated heterocycles. The molecule has 1 heterocycles. The van der Waals surface area contributed by atoms with Crippen LogP contribution in [0.2, 0.25) is 0 Å². The zero-order valence-electron chi connectivity index (χ0n) is 25.2. The number of anilines is 1. The van der Waals surface area contributed by atoms with E-state index in [0.29, 0.717) is 58.9 Å². The summed E-state index contributed by atoms with van der Waals surface area (Å²) in [6.07, 6.45) is -3.16. The van der Waals surface area contributed by atoms with E-state index in [-0.39, 0.29) is 29.5 Å². The SMILES string of the molecule is Cc1ccc(COCCOCCOCCCC(=O)CCCN2C(=S)N(c3ccc(C#N)c(C(F)(F)F)c3)C(=O)C2(C)C)cc1. The molecule has 0 saturated carbocycles. The van der Waals surface area contributed by atoms with Crippen molar-refractivity contribution in [3.8, 4) is 6.07 Å². The zero-order valence-corrected chi connectivity index (χ0v) is 26.1. The number of nitriles is 1. The van der Waals surface area contributed by atoms with Gasteiger partial charge < -0.3 is 19.1 Å². The number of aryl methyl sites for hydroxylation is 1. The normalized spacial score (nSPS) is 14.8. The molecule has 0 spiro atoms. The molecule has 238 valence electrons. The van der Waals surface area contributed by atoms with Crippen molar-refractivity contribution in [2.75, 3.05) is 44.5 Å². The molecule has 1 amide bonds. The number of benzene rings is 2. The lowest BCUT2D eigenvalue weighted by molar-refractivity contribution is -0.137. The number of ketones is 1. The van der Waals surface area contributed by atoms with E-state index < -0.39 is 28.7 Å². The van der Waals surface area contributed by atoms with Crippen LogP contribution in [0.5, 0.6) is 0 Å². The summed E-state index contributed by atoms with van der Waals surface area (Å²) in [4.78, 5) is 28.3. The number of carbonyl (C=O) groups is 2. The van der Waals surface area contributed by atoms with Crippen molar-refractivity contribution in [2.24, 2.45) is 0 Å². The number of Topliss-reactive ketones (excluding diaryl/α,β-unsaturated/α-hetero) is 1. The van der Waals surface area contributed by atoms with Gasteiger partial charge >= 0.3 is 6.18 Å². The maximum Gasteiger partial charge on any atom is 0.417 e. The zero-order chi connectivity index (χ0) is 32.3. The lowest BCUT2D eigenvalue weighted by Gasteiger charge is -2.29. The minimum absolute atomic E-state index is 0.0450. The molecular formula is C32H38F3N3O5S. The van der Waals surface area contributed by atoms with Gasteiger partial charge in [0.15, 0.2) is 5.11 Å². The van der Waals surface area contributed by atoms with Gasteiger partial charge in [-0.2, -0.15) is 18.4 Å². The van der Waals surface area contributed by atoms with Gasteiger partial charge in [0, 0.05) is 26.0 Å². The molecule has 1 aliphatic rings. The fourth-order valence-corrected chi connectivity index (χ4v) is 5.19. The van der Waals surface area contributed by atoms with E-state index >= 15 is 0 Å². The summed E-state index contributed by atoms with van der Waals surface area (Å²) in [6.45, 7) is 8.37. The molecule has 2 aromatic rings. The highest BCUT2D eigenvalue weighted by atomic mass is 32.1. The number of nitrogens with zero attached hydrogens (tertiary/aromatic N) is 3. The van der Waals surface area contributed by atoms with Crippen molar-refractivity contribution in [2.45, 2.75) is 64.8 Å². The van der Waals surface area contributed by atoms with Gasteiger partial charge in [0.05, 0.1) is 55.9 Å². The van der Waals surface area contributed by atoms with Crippen LogP contribution in [0.1, 0.15) is 61.8 Å². The third-order valence-electron chi connectivity index (χ3n) is 7.23. The molecule has 0 aliphatic carbocycles. The monoisotopic (exact) mass is 633 g/mol. The lowest BCUT2D eigenvalue weighted by atomic mass is 10.0. The summed E-state index contributed by atoms with van der Waals surface area (Å²) in [7, 11) is 0. The molecule has 3 rings (SSSR count). The van der Waals surface area contributed by atoms with Crippen LogP contribution in [0, 0.1) is 18.3 Å². The van der Waals surface area contributed by atoms with Gasteiger partial charge in [-0.1, -0.05) is 29.8 Å². The standard InChI is InChI=1S/C32H38F3N3O5S/c1-23-8-10-24(11-9-23)22-43-19-18-42-17-16-41-15-5-7-27(39)6-4-14-37-30(44)38(29(40)31(37,2)3)26-13-12-25(21-36)28(20-26)32(33,34)35/h8-13,20H,4-7,14-19,22H2,1-3H3. The Labute approximate surface area is 261 Å². The van der Waals surface area contributed by atoms with Crippen molar-refractivity contribution >= 4 is 34.7 Å². The fraction of sp³-hybridized carbons (Fsp3) is 0.500. The van der Waals surface area contributed by atoms with Crippen LogP contribution in [0.3, 0.4) is 0 Å². The van der Waals surface area contributed by atoms with E-state index in [0.717, 1.165) is 22.6 Å². The second-order valence-corrected chi connectivity index (χ2v) is 11.3. The van der Waals surface area contributed by atoms with Crippen molar-refractivity contribution < 1.29 is 37.0 Å². The van der Waals surface area contributed by atoms with E-state index in [2.05, 4.69) is 0 Å². The van der Waals surface area contributed by atoms with Gasteiger partial charge in [-0.15, -0.1) is 0 Å². The molecule has 1 fully saturated rings. The van der Waals surface area contributed by atoms with Gasteiger partial charge in [-0.3, -0.25) is 14.5 Å². The topological polar surface area (TPSA) is 92.1 Å². The maximum atomic E-state index is 13.5. The van der Waals surface area contributed by atoms with Crippen molar-refractivity contribution in [3.05, 3.63) is 64.7 Å². The maximum absolute atomic E-state index is 13.5. The largest absolute Gasteiger partial charge is 0.417 e. The van der Waals surface area contributed by atoms with Gasteiger partial charge in [-0.25, -0.2) is 0 Å². The Morgan fingerprint density at radius 3 is 2.20 bits per heavy atom. The molecule has 44 heavy (non-hydrogen) atoms. The van der Waals surface area contributed by atoms with E-state index in [1.165, 1.54) is 17.7 Å². The Bertz CT molecular complexity index is 1340. The lowest BCUT2D eigenvalue weighted by Crippen LogP contribution is -2.44. The number of halogens is 3. The Balaban J connectivity index is 1.32. The third-order valence-corrected chi connectivity index (χ3v) is 7.63. The predicted octanol–water partition coefficient (Wildman–Crippen LogP) is 5.98. The second-order valence-electron chi connectivity index (χ2n) is 11.0. The van der Waals surface area contributed by atoms with Gasteiger partial charge in [-0.05, 0) is 69.6 Å². The molecule has 0 unspecified atom stereocenters. The van der Waals surface area contributed by atoms with Crippen LogP contribution in [0.25, 0.3) is 0 Å². The molecule has 12 heteroatoms. The minimum Gasteiger partial charge on any atom is -0.379 e. The Kier molecular flexibility index (Phi) is 12.8. The number of hydrogen-bond donors (Lipinski definition) is 0. The summed E-state index contributed by atoms with van der Waals surface area (Å²) in [5, 5.41) is 9.12. The van der Waals surface area contributed by atoms with Gasteiger partial charge in [0.1, 0.15) is 11.3 Å². The smallest absolute Gasteiger partial charge is 0.379 e. The number of rotatable bonds is 17. The molecule has 0 N–H and O–H groups in total. The van der Waals surface area contributed by atoms with Crippen LogP contribution in [0.15, 0.2) is 42.5 Å². The summed E-state index contributed by atoms with van der Waals surface area (Å²) in [6, 6.07) is 12.8. The summed E-state index contributed by atoms with van der Waals surface area (Å²) in [5.74, 6) is -0.439. The number of thiocarbonyl (C=S) groups is 1. The first kappa shape index (κ1) is 35.1. The second kappa shape index (κ2) is 16.1. The quantitative estimate of drug-likeness (QED) is 0.155. The van der Waals surface area contributed by atoms with Crippen molar-refractivity contribution in [1.29, 1.82) is 5.26 Å². The minimum atomic E-state index is -4.77. The molecule has 0 atom stereocenters. The van der Waals surface area contributed by atoms with Crippen LogP contribution in [-0.4, -0.2) is 66.8 Å². The number of carbonyl (C=O) groups excluding carboxylic acids is 2. The van der Waals surface area contributed by atoms with Crippen molar-refractivity contribution in [3.63, 3.8) is 0 Å². The highest BCUT2D eigenvalue weighted by Gasteiger charge is 2.49.